The summed E-state index contributed by atoms with van der Waals surface area (Å²) in [7, 11) is 0. The van der Waals surface area contributed by atoms with Gasteiger partial charge in [-0.3, -0.25) is 4.90 Å². The highest BCUT2D eigenvalue weighted by Crippen LogP contribution is 2.41. The first-order chi connectivity index (χ1) is 9.69. The van der Waals surface area contributed by atoms with Crippen molar-refractivity contribution in [3.63, 3.8) is 0 Å². The third kappa shape index (κ3) is 6.12. The third-order valence-corrected chi connectivity index (χ3v) is 4.40. The molecule has 0 radical (unpaired) electrons. The van der Waals surface area contributed by atoms with Gasteiger partial charge in [0.05, 0.1) is 13.2 Å². The highest BCUT2D eigenvalue weighted by Gasteiger charge is 2.42. The zero-order valence-corrected chi connectivity index (χ0v) is 13.3. The Kier molecular flexibility index (Phi) is 6.94. The van der Waals surface area contributed by atoms with Crippen LogP contribution in [0.4, 0.5) is 13.2 Å². The van der Waals surface area contributed by atoms with Crippen molar-refractivity contribution in [3.05, 3.63) is 0 Å². The molecule has 0 aliphatic heterocycles. The molecule has 2 unspecified atom stereocenters. The first kappa shape index (κ1) is 18.7. The monoisotopic (exact) mass is 310 g/mol. The van der Waals surface area contributed by atoms with E-state index in [4.69, 9.17) is 5.11 Å². The minimum atomic E-state index is -4.21. The van der Waals surface area contributed by atoms with Crippen LogP contribution in [0, 0.1) is 11.3 Å². The average Bonchev–Trinajstić information content (AvgIpc) is 2.60. The Balaban J connectivity index is 2.67. The molecule has 0 aromatic heterocycles. The van der Waals surface area contributed by atoms with Crippen molar-refractivity contribution in [2.75, 3.05) is 32.8 Å². The van der Waals surface area contributed by atoms with Gasteiger partial charge in [-0.15, -0.1) is 0 Å². The Bertz CT molecular complexity index is 308. The highest BCUT2D eigenvalue weighted by atomic mass is 19.4. The molecular weight excluding hydrogens is 281 g/mol. The highest BCUT2D eigenvalue weighted by molar-refractivity contribution is 4.97. The second-order valence-electron chi connectivity index (χ2n) is 6.79. The lowest BCUT2D eigenvalue weighted by Crippen LogP contribution is -2.47. The first-order valence-electron chi connectivity index (χ1n) is 7.83. The molecule has 126 valence electrons. The van der Waals surface area contributed by atoms with Crippen LogP contribution in [-0.4, -0.2) is 55.0 Å². The maximum Gasteiger partial charge on any atom is 0.401 e. The minimum Gasteiger partial charge on any atom is -0.395 e. The molecule has 1 rings (SSSR count). The van der Waals surface area contributed by atoms with Crippen molar-refractivity contribution in [1.82, 2.24) is 10.2 Å². The standard InChI is InChI=1S/C15H29F3N2O/c1-4-7-19-13-12(5-6-14(13,2)3)10-20(8-9-21)11-15(16,17)18/h12-13,19,21H,4-11H2,1-3H3. The molecule has 1 fully saturated rings. The van der Waals surface area contributed by atoms with E-state index in [-0.39, 0.29) is 30.5 Å². The van der Waals surface area contributed by atoms with E-state index in [2.05, 4.69) is 26.1 Å². The molecule has 1 aliphatic rings. The van der Waals surface area contributed by atoms with E-state index in [0.29, 0.717) is 6.54 Å². The number of hydrogen-bond donors (Lipinski definition) is 2. The zero-order valence-electron chi connectivity index (χ0n) is 13.3. The molecule has 3 nitrogen and oxygen atoms in total. The summed E-state index contributed by atoms with van der Waals surface area (Å²) < 4.78 is 37.8. The van der Waals surface area contributed by atoms with Gasteiger partial charge in [-0.1, -0.05) is 20.8 Å². The number of alkyl halides is 3. The summed E-state index contributed by atoms with van der Waals surface area (Å²) in [5, 5.41) is 12.5. The summed E-state index contributed by atoms with van der Waals surface area (Å²) >= 11 is 0. The minimum absolute atomic E-state index is 0.0803. The Labute approximate surface area is 125 Å². The number of halogens is 3. The fourth-order valence-electron chi connectivity index (χ4n) is 3.42. The second kappa shape index (κ2) is 7.79. The van der Waals surface area contributed by atoms with Crippen molar-refractivity contribution >= 4 is 0 Å². The van der Waals surface area contributed by atoms with Gasteiger partial charge < -0.3 is 10.4 Å². The molecular formula is C15H29F3N2O. The molecule has 21 heavy (non-hydrogen) atoms. The lowest BCUT2D eigenvalue weighted by Gasteiger charge is -2.34. The van der Waals surface area contributed by atoms with Gasteiger partial charge in [0.1, 0.15) is 0 Å². The van der Waals surface area contributed by atoms with Crippen LogP contribution in [0.5, 0.6) is 0 Å². The molecule has 1 saturated carbocycles. The van der Waals surface area contributed by atoms with Gasteiger partial charge in [-0.05, 0) is 37.1 Å². The molecule has 1 aliphatic carbocycles. The SMILES string of the molecule is CCCNC1C(CN(CCO)CC(F)(F)F)CCC1(C)C. The number of nitrogens with zero attached hydrogens (tertiary/aromatic N) is 1. The van der Waals surface area contributed by atoms with Gasteiger partial charge in [0.25, 0.3) is 0 Å². The van der Waals surface area contributed by atoms with E-state index in [1.54, 1.807) is 0 Å². The van der Waals surface area contributed by atoms with Gasteiger partial charge in [0.15, 0.2) is 0 Å². The second-order valence-corrected chi connectivity index (χ2v) is 6.79. The molecule has 0 amide bonds. The van der Waals surface area contributed by atoms with Crippen molar-refractivity contribution in [1.29, 1.82) is 0 Å². The van der Waals surface area contributed by atoms with Crippen LogP contribution in [0.1, 0.15) is 40.0 Å². The van der Waals surface area contributed by atoms with Gasteiger partial charge in [-0.2, -0.15) is 13.2 Å². The first-order valence-corrected chi connectivity index (χ1v) is 7.83. The van der Waals surface area contributed by atoms with Crippen LogP contribution in [0.25, 0.3) is 0 Å². The maximum atomic E-state index is 12.6. The van der Waals surface area contributed by atoms with Crippen LogP contribution >= 0.6 is 0 Å². The predicted molar refractivity (Wildman–Crippen MR) is 78.2 cm³/mol. The third-order valence-electron chi connectivity index (χ3n) is 4.40. The quantitative estimate of drug-likeness (QED) is 0.723. The fraction of sp³-hybridized carbons (Fsp3) is 1.00. The number of aliphatic hydroxyl groups excluding tert-OH is 1. The summed E-state index contributed by atoms with van der Waals surface area (Å²) in [6.45, 7) is 6.64. The molecule has 2 atom stereocenters. The molecule has 6 heteroatoms. The van der Waals surface area contributed by atoms with Gasteiger partial charge in [0, 0.05) is 19.1 Å². The van der Waals surface area contributed by atoms with E-state index in [1.165, 1.54) is 4.90 Å². The molecule has 0 heterocycles. The van der Waals surface area contributed by atoms with Crippen molar-refractivity contribution < 1.29 is 18.3 Å². The Morgan fingerprint density at radius 1 is 1.33 bits per heavy atom. The van der Waals surface area contributed by atoms with E-state index >= 15 is 0 Å². The summed E-state index contributed by atoms with van der Waals surface area (Å²) in [5.41, 5.74) is 0.114. The summed E-state index contributed by atoms with van der Waals surface area (Å²) in [5.74, 6) is 0.209. The van der Waals surface area contributed by atoms with Crippen LogP contribution in [0.3, 0.4) is 0 Å². The molecule has 2 N–H and O–H groups in total. The van der Waals surface area contributed by atoms with Crippen LogP contribution in [-0.2, 0) is 0 Å². The summed E-state index contributed by atoms with van der Waals surface area (Å²) in [6, 6.07) is 0.242. The van der Waals surface area contributed by atoms with E-state index < -0.39 is 12.7 Å². The van der Waals surface area contributed by atoms with Gasteiger partial charge in [-0.25, -0.2) is 0 Å². The molecule has 0 bridgehead atoms. The Morgan fingerprint density at radius 2 is 2.00 bits per heavy atom. The van der Waals surface area contributed by atoms with Crippen molar-refractivity contribution in [2.24, 2.45) is 11.3 Å². The molecule has 0 aromatic rings. The summed E-state index contributed by atoms with van der Waals surface area (Å²) in [4.78, 5) is 1.34. The Hall–Kier alpha value is -0.330. The molecule has 0 aromatic carbocycles. The van der Waals surface area contributed by atoms with Gasteiger partial charge in [0.2, 0.25) is 0 Å². The predicted octanol–water partition coefficient (Wildman–Crippen LogP) is 2.65. The van der Waals surface area contributed by atoms with E-state index in [1.807, 2.05) is 0 Å². The van der Waals surface area contributed by atoms with Crippen LogP contribution in [0.2, 0.25) is 0 Å². The maximum absolute atomic E-state index is 12.6. The Morgan fingerprint density at radius 3 is 2.52 bits per heavy atom. The number of aliphatic hydroxyl groups is 1. The zero-order chi connectivity index (χ0) is 16.1. The van der Waals surface area contributed by atoms with E-state index in [9.17, 15) is 13.2 Å². The van der Waals surface area contributed by atoms with Crippen LogP contribution < -0.4 is 5.32 Å². The van der Waals surface area contributed by atoms with E-state index in [0.717, 1.165) is 25.8 Å². The number of rotatable bonds is 8. The fourth-order valence-corrected chi connectivity index (χ4v) is 3.42. The van der Waals surface area contributed by atoms with Crippen molar-refractivity contribution in [2.45, 2.75) is 52.3 Å². The largest absolute Gasteiger partial charge is 0.401 e. The topological polar surface area (TPSA) is 35.5 Å². The number of hydrogen-bond acceptors (Lipinski definition) is 3. The summed E-state index contributed by atoms with van der Waals surface area (Å²) in [6.07, 6.45) is -1.23. The number of nitrogens with one attached hydrogen (secondary N) is 1. The normalized spacial score (nSPS) is 25.7. The van der Waals surface area contributed by atoms with Crippen LogP contribution in [0.15, 0.2) is 0 Å². The lowest BCUT2D eigenvalue weighted by atomic mass is 9.84. The molecule has 0 spiro atoms. The molecule has 0 saturated heterocycles. The van der Waals surface area contributed by atoms with Gasteiger partial charge >= 0.3 is 6.18 Å². The van der Waals surface area contributed by atoms with Crippen molar-refractivity contribution in [3.8, 4) is 0 Å². The lowest BCUT2D eigenvalue weighted by molar-refractivity contribution is -0.148. The average molecular weight is 310 g/mol. The smallest absolute Gasteiger partial charge is 0.395 e.